The van der Waals surface area contributed by atoms with Gasteiger partial charge >= 0.3 is 0 Å². The van der Waals surface area contributed by atoms with Gasteiger partial charge in [-0.15, -0.1) is 0 Å². The average molecular weight is 169 g/mol. The summed E-state index contributed by atoms with van der Waals surface area (Å²) in [5.41, 5.74) is 1.37. The van der Waals surface area contributed by atoms with Crippen LogP contribution in [0.25, 0.3) is 0 Å². The maximum Gasteiger partial charge on any atom is 0.0934 e. The number of nitrogens with one attached hydrogen (secondary N) is 1. The Morgan fingerprint density at radius 2 is 2.64 bits per heavy atom. The van der Waals surface area contributed by atoms with Gasteiger partial charge < -0.3 is 10.1 Å². The Morgan fingerprint density at radius 1 is 1.73 bits per heavy atom. The van der Waals surface area contributed by atoms with E-state index in [0.29, 0.717) is 6.10 Å². The molecule has 0 radical (unpaired) electrons. The van der Waals surface area contributed by atoms with E-state index in [1.165, 1.54) is 5.56 Å². The molecule has 11 heavy (non-hydrogen) atoms. The summed E-state index contributed by atoms with van der Waals surface area (Å²) in [7, 11) is 0. The van der Waals surface area contributed by atoms with Gasteiger partial charge in [0, 0.05) is 13.1 Å². The van der Waals surface area contributed by atoms with Gasteiger partial charge in [-0.3, -0.25) is 0 Å². The SMILES string of the molecule is c1cc(CNCC2CO2)cs1. The maximum atomic E-state index is 5.07. The first-order valence-corrected chi connectivity index (χ1v) is 4.73. The first-order chi connectivity index (χ1) is 5.45. The van der Waals surface area contributed by atoms with Gasteiger partial charge in [0.15, 0.2) is 0 Å². The molecule has 2 heterocycles. The zero-order chi connectivity index (χ0) is 7.52. The van der Waals surface area contributed by atoms with Gasteiger partial charge in [-0.2, -0.15) is 11.3 Å². The van der Waals surface area contributed by atoms with E-state index in [1.54, 1.807) is 11.3 Å². The highest BCUT2D eigenvalue weighted by Gasteiger charge is 2.20. The number of epoxide rings is 1. The third kappa shape index (κ3) is 2.29. The van der Waals surface area contributed by atoms with Crippen molar-refractivity contribution >= 4 is 11.3 Å². The van der Waals surface area contributed by atoms with E-state index in [0.717, 1.165) is 19.7 Å². The molecule has 1 fully saturated rings. The van der Waals surface area contributed by atoms with Crippen molar-refractivity contribution in [2.45, 2.75) is 12.6 Å². The van der Waals surface area contributed by atoms with Gasteiger partial charge in [-0.25, -0.2) is 0 Å². The Labute approximate surface area is 70.2 Å². The van der Waals surface area contributed by atoms with Gasteiger partial charge in [-0.05, 0) is 22.4 Å². The van der Waals surface area contributed by atoms with Crippen molar-refractivity contribution in [3.63, 3.8) is 0 Å². The summed E-state index contributed by atoms with van der Waals surface area (Å²) in [6, 6.07) is 2.14. The summed E-state index contributed by atoms with van der Waals surface area (Å²) in [5, 5.41) is 7.60. The second kappa shape index (κ2) is 3.34. The smallest absolute Gasteiger partial charge is 0.0934 e. The Balaban J connectivity index is 1.66. The molecule has 1 atom stereocenters. The number of thiophene rings is 1. The van der Waals surface area contributed by atoms with Crippen molar-refractivity contribution in [3.05, 3.63) is 22.4 Å². The molecule has 60 valence electrons. The van der Waals surface area contributed by atoms with E-state index < -0.39 is 0 Å². The van der Waals surface area contributed by atoms with Gasteiger partial charge in [0.2, 0.25) is 0 Å². The van der Waals surface area contributed by atoms with E-state index >= 15 is 0 Å². The highest BCUT2D eigenvalue weighted by Crippen LogP contribution is 2.08. The third-order valence-electron chi connectivity index (χ3n) is 1.68. The van der Waals surface area contributed by atoms with Crippen LogP contribution in [0.2, 0.25) is 0 Å². The predicted molar refractivity (Wildman–Crippen MR) is 45.8 cm³/mol. The first kappa shape index (κ1) is 7.28. The number of hydrogen-bond donors (Lipinski definition) is 1. The monoisotopic (exact) mass is 169 g/mol. The van der Waals surface area contributed by atoms with Crippen molar-refractivity contribution in [2.75, 3.05) is 13.2 Å². The summed E-state index contributed by atoms with van der Waals surface area (Å²) in [5.74, 6) is 0. The quantitative estimate of drug-likeness (QED) is 0.686. The van der Waals surface area contributed by atoms with Crippen molar-refractivity contribution in [3.8, 4) is 0 Å². The molecular weight excluding hydrogens is 158 g/mol. The van der Waals surface area contributed by atoms with Crippen LogP contribution < -0.4 is 5.32 Å². The summed E-state index contributed by atoms with van der Waals surface area (Å²) >= 11 is 1.74. The molecule has 1 unspecified atom stereocenters. The average Bonchev–Trinajstić information content (AvgIpc) is 2.66. The van der Waals surface area contributed by atoms with Gasteiger partial charge in [0.05, 0.1) is 12.7 Å². The summed E-state index contributed by atoms with van der Waals surface area (Å²) in [6.45, 7) is 2.91. The van der Waals surface area contributed by atoms with Crippen LogP contribution in [0.1, 0.15) is 5.56 Å². The molecule has 0 bridgehead atoms. The molecule has 2 rings (SSSR count). The summed E-state index contributed by atoms with van der Waals surface area (Å²) in [4.78, 5) is 0. The lowest BCUT2D eigenvalue weighted by Crippen LogP contribution is -2.18. The highest BCUT2D eigenvalue weighted by molar-refractivity contribution is 7.07. The van der Waals surface area contributed by atoms with E-state index in [4.69, 9.17) is 4.74 Å². The Morgan fingerprint density at radius 3 is 3.27 bits per heavy atom. The molecule has 1 N–H and O–H groups in total. The standard InChI is InChI=1S/C8H11NOS/c1-2-11-6-7(1)3-9-4-8-5-10-8/h1-2,6,8-9H,3-5H2. The first-order valence-electron chi connectivity index (χ1n) is 3.78. The molecule has 0 aromatic carbocycles. The van der Waals surface area contributed by atoms with Crippen molar-refractivity contribution in [1.29, 1.82) is 0 Å². The number of rotatable bonds is 4. The van der Waals surface area contributed by atoms with Crippen LogP contribution in [0.3, 0.4) is 0 Å². The zero-order valence-corrected chi connectivity index (χ0v) is 7.06. The Bertz CT molecular complexity index is 206. The number of ether oxygens (including phenoxy) is 1. The van der Waals surface area contributed by atoms with Gasteiger partial charge in [0.25, 0.3) is 0 Å². The predicted octanol–water partition coefficient (Wildman–Crippen LogP) is 1.24. The van der Waals surface area contributed by atoms with E-state index in [9.17, 15) is 0 Å². The largest absolute Gasteiger partial charge is 0.372 e. The lowest BCUT2D eigenvalue weighted by atomic mass is 10.3. The highest BCUT2D eigenvalue weighted by atomic mass is 32.1. The van der Waals surface area contributed by atoms with Crippen LogP contribution in [-0.2, 0) is 11.3 Å². The topological polar surface area (TPSA) is 24.6 Å². The van der Waals surface area contributed by atoms with Crippen LogP contribution in [0.5, 0.6) is 0 Å². The minimum absolute atomic E-state index is 0.494. The van der Waals surface area contributed by atoms with E-state index in [1.807, 2.05) is 0 Å². The van der Waals surface area contributed by atoms with Crippen LogP contribution in [-0.4, -0.2) is 19.3 Å². The molecule has 1 aliphatic heterocycles. The van der Waals surface area contributed by atoms with Crippen LogP contribution in [0, 0.1) is 0 Å². The lowest BCUT2D eigenvalue weighted by molar-refractivity contribution is 0.396. The molecule has 0 spiro atoms. The molecular formula is C8H11NOS. The Hall–Kier alpha value is -0.380. The normalized spacial score (nSPS) is 22.0. The van der Waals surface area contributed by atoms with Crippen molar-refractivity contribution in [2.24, 2.45) is 0 Å². The number of hydrogen-bond acceptors (Lipinski definition) is 3. The molecule has 0 aliphatic carbocycles. The van der Waals surface area contributed by atoms with E-state index in [2.05, 4.69) is 22.1 Å². The minimum atomic E-state index is 0.494. The molecule has 1 aromatic rings. The molecule has 1 saturated heterocycles. The fourth-order valence-electron chi connectivity index (χ4n) is 0.957. The molecule has 0 saturated carbocycles. The van der Waals surface area contributed by atoms with Crippen LogP contribution in [0.15, 0.2) is 16.8 Å². The Kier molecular flexibility index (Phi) is 2.21. The second-order valence-corrected chi connectivity index (χ2v) is 3.50. The maximum absolute atomic E-state index is 5.07. The van der Waals surface area contributed by atoms with Crippen molar-refractivity contribution in [1.82, 2.24) is 5.32 Å². The fraction of sp³-hybridized carbons (Fsp3) is 0.500. The summed E-state index contributed by atoms with van der Waals surface area (Å²) < 4.78 is 5.07. The summed E-state index contributed by atoms with van der Waals surface area (Å²) in [6.07, 6.45) is 0.494. The molecule has 2 nitrogen and oxygen atoms in total. The van der Waals surface area contributed by atoms with Crippen LogP contribution in [0.4, 0.5) is 0 Å². The molecule has 0 amide bonds. The zero-order valence-electron chi connectivity index (χ0n) is 6.25. The molecule has 1 aromatic heterocycles. The van der Waals surface area contributed by atoms with Gasteiger partial charge in [-0.1, -0.05) is 0 Å². The molecule has 1 aliphatic rings. The second-order valence-electron chi connectivity index (χ2n) is 2.72. The van der Waals surface area contributed by atoms with Crippen molar-refractivity contribution < 1.29 is 4.74 Å². The van der Waals surface area contributed by atoms with Gasteiger partial charge in [0.1, 0.15) is 0 Å². The minimum Gasteiger partial charge on any atom is -0.372 e. The third-order valence-corrected chi connectivity index (χ3v) is 2.42. The lowest BCUT2D eigenvalue weighted by Gasteiger charge is -1.98. The molecule has 3 heteroatoms. The van der Waals surface area contributed by atoms with E-state index in [-0.39, 0.29) is 0 Å². The fourth-order valence-corrected chi connectivity index (χ4v) is 1.63. The van der Waals surface area contributed by atoms with Crippen LogP contribution >= 0.6 is 11.3 Å².